The zero-order valence-electron chi connectivity index (χ0n) is 10.4. The lowest BCUT2D eigenvalue weighted by atomic mass is 10.1. The molecule has 0 radical (unpaired) electrons. The van der Waals surface area contributed by atoms with Crippen molar-refractivity contribution in [1.29, 1.82) is 0 Å². The van der Waals surface area contributed by atoms with Crippen LogP contribution in [0.1, 0.15) is 23.3 Å². The number of rotatable bonds is 4. The summed E-state index contributed by atoms with van der Waals surface area (Å²) in [6.07, 6.45) is 7.76. The molecular weight excluding hydrogens is 228 g/mol. The second-order valence-electron chi connectivity index (χ2n) is 4.66. The van der Waals surface area contributed by atoms with Crippen molar-refractivity contribution in [2.45, 2.75) is 32.4 Å². The zero-order valence-corrected chi connectivity index (χ0v) is 11.2. The normalized spacial score (nSPS) is 18.1. The largest absolute Gasteiger partial charge is 0.309 e. The molecule has 0 aliphatic carbocycles. The lowest BCUT2D eigenvalue weighted by molar-refractivity contribution is 0.217. The molecule has 1 aliphatic heterocycles. The van der Waals surface area contributed by atoms with Crippen LogP contribution in [0.3, 0.4) is 0 Å². The van der Waals surface area contributed by atoms with Crippen molar-refractivity contribution >= 4 is 11.3 Å². The van der Waals surface area contributed by atoms with Crippen molar-refractivity contribution in [1.82, 2.24) is 10.2 Å². The van der Waals surface area contributed by atoms with Gasteiger partial charge in [-0.3, -0.25) is 4.90 Å². The molecule has 2 heterocycles. The number of thiophene rings is 1. The standard InChI is InChI=1S/C14H20N2S/c1-3-7-16-8-4-13(5-9-16)15-11-14-12(2)6-10-17-14/h1,6,10,13,15H,4-5,7-9,11H2,2H3. The predicted octanol–water partition coefficient (Wildman–Crippen LogP) is 2.24. The minimum absolute atomic E-state index is 0.658. The molecule has 0 spiro atoms. The van der Waals surface area contributed by atoms with Crippen LogP contribution in [0.5, 0.6) is 0 Å². The highest BCUT2D eigenvalue weighted by atomic mass is 32.1. The van der Waals surface area contributed by atoms with E-state index in [-0.39, 0.29) is 0 Å². The van der Waals surface area contributed by atoms with E-state index in [1.54, 1.807) is 0 Å². The van der Waals surface area contributed by atoms with Crippen LogP contribution in [0, 0.1) is 19.3 Å². The molecule has 0 unspecified atom stereocenters. The van der Waals surface area contributed by atoms with Gasteiger partial charge in [-0.1, -0.05) is 5.92 Å². The SMILES string of the molecule is C#CCN1CCC(NCc2sccc2C)CC1. The van der Waals surface area contributed by atoms with Gasteiger partial charge in [0, 0.05) is 30.6 Å². The minimum Gasteiger partial charge on any atom is -0.309 e. The molecule has 0 bridgehead atoms. The molecule has 1 fully saturated rings. The van der Waals surface area contributed by atoms with Gasteiger partial charge in [0.2, 0.25) is 0 Å². The summed E-state index contributed by atoms with van der Waals surface area (Å²) in [6.45, 7) is 6.26. The number of nitrogens with zero attached hydrogens (tertiary/aromatic N) is 1. The van der Waals surface area contributed by atoms with Crippen LogP contribution in [0.25, 0.3) is 0 Å². The summed E-state index contributed by atoms with van der Waals surface area (Å²) in [5, 5.41) is 5.83. The Morgan fingerprint density at radius 3 is 2.88 bits per heavy atom. The topological polar surface area (TPSA) is 15.3 Å². The van der Waals surface area contributed by atoms with E-state index >= 15 is 0 Å². The maximum atomic E-state index is 5.33. The first-order chi connectivity index (χ1) is 8.29. The van der Waals surface area contributed by atoms with Crippen molar-refractivity contribution in [3.8, 4) is 12.3 Å². The Labute approximate surface area is 108 Å². The van der Waals surface area contributed by atoms with Gasteiger partial charge in [-0.25, -0.2) is 0 Å². The van der Waals surface area contributed by atoms with E-state index in [2.05, 4.69) is 34.5 Å². The third-order valence-corrected chi connectivity index (χ3v) is 4.44. The van der Waals surface area contributed by atoms with E-state index in [4.69, 9.17) is 6.42 Å². The summed E-state index contributed by atoms with van der Waals surface area (Å²) >= 11 is 1.85. The monoisotopic (exact) mass is 248 g/mol. The number of terminal acetylenes is 1. The molecule has 1 aromatic rings. The summed E-state index contributed by atoms with van der Waals surface area (Å²) < 4.78 is 0. The molecule has 0 aromatic carbocycles. The van der Waals surface area contributed by atoms with Gasteiger partial charge in [-0.05, 0) is 36.8 Å². The number of likely N-dealkylation sites (tertiary alicyclic amines) is 1. The van der Waals surface area contributed by atoms with Crippen LogP contribution in [-0.2, 0) is 6.54 Å². The van der Waals surface area contributed by atoms with Gasteiger partial charge in [-0.2, -0.15) is 0 Å². The maximum Gasteiger partial charge on any atom is 0.0598 e. The molecule has 0 amide bonds. The van der Waals surface area contributed by atoms with E-state index in [0.29, 0.717) is 6.04 Å². The van der Waals surface area contributed by atoms with Crippen LogP contribution < -0.4 is 5.32 Å². The highest BCUT2D eigenvalue weighted by molar-refractivity contribution is 7.10. The van der Waals surface area contributed by atoms with Gasteiger partial charge in [0.05, 0.1) is 6.54 Å². The maximum absolute atomic E-state index is 5.33. The molecule has 92 valence electrons. The van der Waals surface area contributed by atoms with Gasteiger partial charge in [-0.15, -0.1) is 17.8 Å². The fraction of sp³-hybridized carbons (Fsp3) is 0.571. The third-order valence-electron chi connectivity index (χ3n) is 3.42. The van der Waals surface area contributed by atoms with Crippen molar-refractivity contribution in [3.63, 3.8) is 0 Å². The lowest BCUT2D eigenvalue weighted by Gasteiger charge is -2.31. The average molecular weight is 248 g/mol. The summed E-state index contributed by atoms with van der Waals surface area (Å²) in [7, 11) is 0. The Kier molecular flexibility index (Phi) is 4.61. The number of hydrogen-bond donors (Lipinski definition) is 1. The van der Waals surface area contributed by atoms with E-state index in [0.717, 1.165) is 26.2 Å². The van der Waals surface area contributed by atoms with Crippen LogP contribution in [0.4, 0.5) is 0 Å². The van der Waals surface area contributed by atoms with Crippen molar-refractivity contribution in [2.75, 3.05) is 19.6 Å². The Hall–Kier alpha value is -0.820. The molecule has 1 aliphatic rings. The van der Waals surface area contributed by atoms with Gasteiger partial charge < -0.3 is 5.32 Å². The molecule has 0 saturated carbocycles. The molecule has 3 heteroatoms. The Balaban J connectivity index is 1.72. The summed E-state index contributed by atoms with van der Waals surface area (Å²) in [6, 6.07) is 2.85. The highest BCUT2D eigenvalue weighted by Gasteiger charge is 2.17. The minimum atomic E-state index is 0.658. The predicted molar refractivity (Wildman–Crippen MR) is 74.2 cm³/mol. The van der Waals surface area contributed by atoms with Gasteiger partial charge in [0.25, 0.3) is 0 Å². The number of hydrogen-bond acceptors (Lipinski definition) is 3. The smallest absolute Gasteiger partial charge is 0.0598 e. The Bertz CT molecular complexity index is 383. The molecule has 2 rings (SSSR count). The number of aryl methyl sites for hydroxylation is 1. The van der Waals surface area contributed by atoms with Crippen molar-refractivity contribution in [2.24, 2.45) is 0 Å². The third kappa shape index (κ3) is 3.57. The summed E-state index contributed by atoms with van der Waals surface area (Å²) in [4.78, 5) is 3.82. The number of piperidine rings is 1. The molecule has 1 N–H and O–H groups in total. The highest BCUT2D eigenvalue weighted by Crippen LogP contribution is 2.16. The van der Waals surface area contributed by atoms with E-state index in [9.17, 15) is 0 Å². The molecular formula is C14H20N2S. The Morgan fingerprint density at radius 2 is 2.29 bits per heavy atom. The van der Waals surface area contributed by atoms with Crippen LogP contribution in [0.2, 0.25) is 0 Å². The first-order valence-corrected chi connectivity index (χ1v) is 7.09. The van der Waals surface area contributed by atoms with Crippen LogP contribution in [0.15, 0.2) is 11.4 Å². The first kappa shape index (κ1) is 12.6. The second-order valence-corrected chi connectivity index (χ2v) is 5.66. The second kappa shape index (κ2) is 6.20. The average Bonchev–Trinajstić information content (AvgIpc) is 2.75. The fourth-order valence-electron chi connectivity index (χ4n) is 2.25. The summed E-state index contributed by atoms with van der Waals surface area (Å²) in [5.41, 5.74) is 1.41. The van der Waals surface area contributed by atoms with Gasteiger partial charge >= 0.3 is 0 Å². The molecule has 17 heavy (non-hydrogen) atoms. The van der Waals surface area contributed by atoms with Gasteiger partial charge in [0.1, 0.15) is 0 Å². The molecule has 1 saturated heterocycles. The van der Waals surface area contributed by atoms with E-state index in [1.165, 1.54) is 23.3 Å². The van der Waals surface area contributed by atoms with E-state index in [1.807, 2.05) is 11.3 Å². The molecule has 2 nitrogen and oxygen atoms in total. The zero-order chi connectivity index (χ0) is 12.1. The number of nitrogens with one attached hydrogen (secondary N) is 1. The molecule has 0 atom stereocenters. The van der Waals surface area contributed by atoms with Crippen molar-refractivity contribution in [3.05, 3.63) is 21.9 Å². The lowest BCUT2D eigenvalue weighted by Crippen LogP contribution is -2.42. The van der Waals surface area contributed by atoms with E-state index < -0.39 is 0 Å². The van der Waals surface area contributed by atoms with Crippen LogP contribution >= 0.6 is 11.3 Å². The quantitative estimate of drug-likeness (QED) is 0.822. The summed E-state index contributed by atoms with van der Waals surface area (Å²) in [5.74, 6) is 2.72. The van der Waals surface area contributed by atoms with Crippen LogP contribution in [-0.4, -0.2) is 30.6 Å². The Morgan fingerprint density at radius 1 is 1.53 bits per heavy atom. The fourth-order valence-corrected chi connectivity index (χ4v) is 3.10. The molecule has 1 aromatic heterocycles. The van der Waals surface area contributed by atoms with Gasteiger partial charge in [0.15, 0.2) is 0 Å². The first-order valence-electron chi connectivity index (χ1n) is 6.22. The van der Waals surface area contributed by atoms with Crippen molar-refractivity contribution < 1.29 is 0 Å².